The van der Waals surface area contributed by atoms with Crippen molar-refractivity contribution in [3.8, 4) is 0 Å². The Kier molecular flexibility index (Phi) is 3.42. The Hall–Kier alpha value is -0.860. The average Bonchev–Trinajstić information content (AvgIpc) is 2.60. The first kappa shape index (κ1) is 14.1. The first-order valence-electron chi connectivity index (χ1n) is 7.87. The number of nitrogens with zero attached hydrogens (tertiary/aromatic N) is 1. The molecule has 0 spiro atoms. The molecule has 110 valence electrons. The van der Waals surface area contributed by atoms with Crippen molar-refractivity contribution in [2.45, 2.75) is 58.1 Å². The lowest BCUT2D eigenvalue weighted by atomic mass is 9.65. The summed E-state index contributed by atoms with van der Waals surface area (Å²) in [5.41, 5.74) is 2.95. The van der Waals surface area contributed by atoms with Crippen LogP contribution >= 0.6 is 0 Å². The minimum atomic E-state index is -0.0327. The van der Waals surface area contributed by atoms with E-state index in [1.165, 1.54) is 18.4 Å². The molecule has 2 fully saturated rings. The summed E-state index contributed by atoms with van der Waals surface area (Å²) >= 11 is 0. The summed E-state index contributed by atoms with van der Waals surface area (Å²) in [6, 6.07) is 9.46. The van der Waals surface area contributed by atoms with Gasteiger partial charge in [0.2, 0.25) is 0 Å². The lowest BCUT2D eigenvalue weighted by molar-refractivity contribution is -0.182. The number of benzene rings is 1. The highest BCUT2D eigenvalue weighted by Crippen LogP contribution is 2.50. The van der Waals surface area contributed by atoms with Gasteiger partial charge in [-0.3, -0.25) is 4.84 Å². The van der Waals surface area contributed by atoms with E-state index in [9.17, 15) is 0 Å². The smallest absolute Gasteiger partial charge is 0.0887 e. The van der Waals surface area contributed by atoms with E-state index in [4.69, 9.17) is 4.84 Å². The van der Waals surface area contributed by atoms with Crippen LogP contribution in [0.5, 0.6) is 0 Å². The Morgan fingerprint density at radius 3 is 2.60 bits per heavy atom. The molecule has 2 aliphatic rings. The third kappa shape index (κ3) is 2.19. The zero-order valence-electron chi connectivity index (χ0n) is 13.4. The second-order valence-corrected chi connectivity index (χ2v) is 7.34. The summed E-state index contributed by atoms with van der Waals surface area (Å²) in [7, 11) is 2.11. The van der Waals surface area contributed by atoms with Gasteiger partial charge in [-0.25, -0.2) is 0 Å². The van der Waals surface area contributed by atoms with Crippen LogP contribution in [0.2, 0.25) is 0 Å². The number of hydrogen-bond donors (Lipinski definition) is 0. The Morgan fingerprint density at radius 2 is 1.90 bits per heavy atom. The molecule has 3 rings (SSSR count). The van der Waals surface area contributed by atoms with Crippen molar-refractivity contribution in [1.82, 2.24) is 5.06 Å². The van der Waals surface area contributed by atoms with Crippen molar-refractivity contribution in [3.05, 3.63) is 35.4 Å². The molecule has 0 N–H and O–H groups in total. The van der Waals surface area contributed by atoms with Gasteiger partial charge in [-0.2, -0.15) is 5.06 Å². The summed E-state index contributed by atoms with van der Waals surface area (Å²) in [6.45, 7) is 9.14. The molecule has 1 aromatic carbocycles. The lowest BCUT2D eigenvalue weighted by Gasteiger charge is -2.40. The van der Waals surface area contributed by atoms with Crippen LogP contribution in [0.25, 0.3) is 0 Å². The summed E-state index contributed by atoms with van der Waals surface area (Å²) in [5.74, 6) is 1.99. The molecule has 1 aromatic rings. The predicted molar refractivity (Wildman–Crippen MR) is 82.5 cm³/mol. The van der Waals surface area contributed by atoms with E-state index in [-0.39, 0.29) is 5.60 Å². The van der Waals surface area contributed by atoms with E-state index in [2.05, 4.69) is 64.1 Å². The van der Waals surface area contributed by atoms with Crippen LogP contribution in [0.4, 0.5) is 0 Å². The topological polar surface area (TPSA) is 12.5 Å². The second-order valence-electron chi connectivity index (χ2n) is 7.34. The highest BCUT2D eigenvalue weighted by Gasteiger charge is 2.52. The van der Waals surface area contributed by atoms with Crippen LogP contribution in [-0.2, 0) is 4.84 Å². The molecule has 0 bridgehead atoms. The number of fused-ring (bicyclic) bond motifs is 1. The van der Waals surface area contributed by atoms with Crippen LogP contribution < -0.4 is 0 Å². The maximum Gasteiger partial charge on any atom is 0.0887 e. The second kappa shape index (κ2) is 4.85. The van der Waals surface area contributed by atoms with Gasteiger partial charge in [-0.15, -0.1) is 0 Å². The fraction of sp³-hybridized carbons (Fsp3) is 0.667. The highest BCUT2D eigenvalue weighted by molar-refractivity contribution is 5.30. The maximum absolute atomic E-state index is 6.11. The van der Waals surface area contributed by atoms with Gasteiger partial charge in [0, 0.05) is 19.0 Å². The monoisotopic (exact) mass is 273 g/mol. The third-order valence-electron chi connectivity index (χ3n) is 5.51. The van der Waals surface area contributed by atoms with Gasteiger partial charge in [-0.1, -0.05) is 31.2 Å². The van der Waals surface area contributed by atoms with Crippen LogP contribution in [0.15, 0.2) is 24.3 Å². The summed E-state index contributed by atoms with van der Waals surface area (Å²) in [6.07, 6.45) is 2.52. The molecule has 1 aliphatic carbocycles. The first-order chi connectivity index (χ1) is 9.40. The number of aryl methyl sites for hydroxylation is 1. The van der Waals surface area contributed by atoms with Crippen molar-refractivity contribution in [2.24, 2.45) is 11.8 Å². The third-order valence-corrected chi connectivity index (χ3v) is 5.51. The number of hydrogen-bond acceptors (Lipinski definition) is 2. The minimum Gasteiger partial charge on any atom is -0.293 e. The van der Waals surface area contributed by atoms with Crippen molar-refractivity contribution in [2.75, 3.05) is 7.05 Å². The SMILES string of the molecule is Cc1ccccc1[C@H]1C[C@@H]2[C@@H]([C@@H](C)C1)N(C)OC2(C)C. The van der Waals surface area contributed by atoms with E-state index in [0.717, 1.165) is 0 Å². The number of rotatable bonds is 1. The molecule has 0 radical (unpaired) electrons. The first-order valence-corrected chi connectivity index (χ1v) is 7.87. The quantitative estimate of drug-likeness (QED) is 0.762. The van der Waals surface area contributed by atoms with Crippen molar-refractivity contribution in [1.29, 1.82) is 0 Å². The highest BCUT2D eigenvalue weighted by atomic mass is 16.7. The summed E-state index contributed by atoms with van der Waals surface area (Å²) < 4.78 is 0. The zero-order valence-corrected chi connectivity index (χ0v) is 13.4. The van der Waals surface area contributed by atoms with Crippen LogP contribution in [0.1, 0.15) is 50.7 Å². The molecular weight excluding hydrogens is 246 g/mol. The molecule has 20 heavy (non-hydrogen) atoms. The fourth-order valence-corrected chi connectivity index (χ4v) is 4.63. The van der Waals surface area contributed by atoms with Crippen LogP contribution in [0, 0.1) is 18.8 Å². The molecule has 1 saturated carbocycles. The Balaban J connectivity index is 1.90. The van der Waals surface area contributed by atoms with Crippen molar-refractivity contribution >= 4 is 0 Å². The molecule has 1 aliphatic heterocycles. The van der Waals surface area contributed by atoms with Gasteiger partial charge in [0.15, 0.2) is 0 Å². The van der Waals surface area contributed by atoms with Gasteiger partial charge in [0.05, 0.1) is 5.60 Å². The van der Waals surface area contributed by atoms with Gasteiger partial charge >= 0.3 is 0 Å². The summed E-state index contributed by atoms with van der Waals surface area (Å²) in [5, 5.41) is 2.13. The molecule has 4 atom stereocenters. The lowest BCUT2D eigenvalue weighted by Crippen LogP contribution is -2.42. The Bertz CT molecular complexity index is 496. The average molecular weight is 273 g/mol. The van der Waals surface area contributed by atoms with Gasteiger partial charge in [-0.05, 0) is 56.6 Å². The maximum atomic E-state index is 6.11. The zero-order chi connectivity index (χ0) is 14.5. The minimum absolute atomic E-state index is 0.0327. The van der Waals surface area contributed by atoms with Crippen molar-refractivity contribution in [3.63, 3.8) is 0 Å². The molecule has 0 aromatic heterocycles. The molecular formula is C18H27NO. The van der Waals surface area contributed by atoms with Gasteiger partial charge in [0.25, 0.3) is 0 Å². The standard InChI is InChI=1S/C18H27NO/c1-12-8-6-7-9-15(12)14-10-13(2)17-16(11-14)18(3,4)20-19(17)5/h6-9,13-14,16-17H,10-11H2,1-5H3/t13-,14+,16+,17+/m0/s1. The van der Waals surface area contributed by atoms with Gasteiger partial charge < -0.3 is 0 Å². The van der Waals surface area contributed by atoms with E-state index in [0.29, 0.717) is 23.8 Å². The molecule has 2 nitrogen and oxygen atoms in total. The Labute approximate surface area is 123 Å². The van der Waals surface area contributed by atoms with Crippen LogP contribution in [-0.4, -0.2) is 23.8 Å². The van der Waals surface area contributed by atoms with E-state index in [1.807, 2.05) is 0 Å². The molecule has 1 heterocycles. The molecule has 1 saturated heterocycles. The molecule has 0 unspecified atom stereocenters. The number of hydroxylamine groups is 2. The predicted octanol–water partition coefficient (Wildman–Crippen LogP) is 4.15. The van der Waals surface area contributed by atoms with Crippen LogP contribution in [0.3, 0.4) is 0 Å². The van der Waals surface area contributed by atoms with Crippen molar-refractivity contribution < 1.29 is 4.84 Å². The molecule has 2 heteroatoms. The molecule has 0 amide bonds. The Morgan fingerprint density at radius 1 is 1.20 bits per heavy atom. The van der Waals surface area contributed by atoms with Gasteiger partial charge in [0.1, 0.15) is 0 Å². The fourth-order valence-electron chi connectivity index (χ4n) is 4.63. The normalized spacial score (nSPS) is 36.9. The van der Waals surface area contributed by atoms with E-state index in [1.54, 1.807) is 5.56 Å². The van der Waals surface area contributed by atoms with E-state index >= 15 is 0 Å². The largest absolute Gasteiger partial charge is 0.293 e. The summed E-state index contributed by atoms with van der Waals surface area (Å²) in [4.78, 5) is 6.11. The van der Waals surface area contributed by atoms with E-state index < -0.39 is 0 Å².